The summed E-state index contributed by atoms with van der Waals surface area (Å²) in [5.74, 6) is 1.57. The molecule has 1 aromatic heterocycles. The summed E-state index contributed by atoms with van der Waals surface area (Å²) in [5.41, 5.74) is 2.08. The first kappa shape index (κ1) is 18.2. The molecule has 1 aliphatic heterocycles. The zero-order valence-electron chi connectivity index (χ0n) is 15.2. The van der Waals surface area contributed by atoms with E-state index < -0.39 is 0 Å². The van der Waals surface area contributed by atoms with Crippen LogP contribution in [0.1, 0.15) is 30.9 Å². The van der Waals surface area contributed by atoms with Crippen molar-refractivity contribution in [2.24, 2.45) is 4.99 Å². The number of halogens is 1. The Morgan fingerprint density at radius 3 is 2.46 bits per heavy atom. The largest absolute Gasteiger partial charge is 0.357 e. The molecule has 0 atom stereocenters. The molecule has 1 aromatic carbocycles. The molecule has 1 saturated heterocycles. The first-order valence-corrected chi connectivity index (χ1v) is 9.21. The smallest absolute Gasteiger partial charge is 0.191 e. The van der Waals surface area contributed by atoms with Gasteiger partial charge < -0.3 is 15.5 Å². The number of guanidine groups is 1. The molecule has 0 aliphatic carbocycles. The van der Waals surface area contributed by atoms with Crippen molar-refractivity contribution in [3.05, 3.63) is 59.5 Å². The number of hydrogen-bond donors (Lipinski definition) is 2. The number of aliphatic imine (C=N–C) groups is 1. The van der Waals surface area contributed by atoms with Crippen molar-refractivity contribution in [2.75, 3.05) is 24.5 Å². The summed E-state index contributed by atoms with van der Waals surface area (Å²) in [6.07, 6.45) is 4.40. The van der Waals surface area contributed by atoms with E-state index in [2.05, 4.69) is 37.6 Å². The summed E-state index contributed by atoms with van der Waals surface area (Å²) >= 11 is 0. The maximum absolute atomic E-state index is 13.0. The number of pyridine rings is 1. The Labute approximate surface area is 154 Å². The Morgan fingerprint density at radius 1 is 1.08 bits per heavy atom. The predicted octanol–water partition coefficient (Wildman–Crippen LogP) is 3.08. The molecule has 2 aromatic rings. The number of nitrogens with zero attached hydrogens (tertiary/aromatic N) is 3. The monoisotopic (exact) mass is 355 g/mol. The molecule has 0 radical (unpaired) electrons. The van der Waals surface area contributed by atoms with Gasteiger partial charge in [0.1, 0.15) is 11.6 Å². The van der Waals surface area contributed by atoms with E-state index >= 15 is 0 Å². The lowest BCUT2D eigenvalue weighted by Crippen LogP contribution is -2.36. The summed E-state index contributed by atoms with van der Waals surface area (Å²) in [7, 11) is 0. The second kappa shape index (κ2) is 9.17. The molecule has 0 bridgehead atoms. The lowest BCUT2D eigenvalue weighted by Gasteiger charge is -2.16. The molecule has 0 spiro atoms. The van der Waals surface area contributed by atoms with Crippen molar-refractivity contribution in [2.45, 2.75) is 32.9 Å². The maximum Gasteiger partial charge on any atom is 0.191 e. The van der Waals surface area contributed by atoms with Crippen LogP contribution in [0.2, 0.25) is 0 Å². The van der Waals surface area contributed by atoms with Crippen LogP contribution in [0.15, 0.2) is 47.6 Å². The number of rotatable bonds is 6. The van der Waals surface area contributed by atoms with E-state index in [-0.39, 0.29) is 5.82 Å². The predicted molar refractivity (Wildman–Crippen MR) is 104 cm³/mol. The third-order valence-electron chi connectivity index (χ3n) is 4.38. The Morgan fingerprint density at radius 2 is 1.81 bits per heavy atom. The first-order chi connectivity index (χ1) is 12.7. The van der Waals surface area contributed by atoms with Crippen molar-refractivity contribution in [1.29, 1.82) is 0 Å². The van der Waals surface area contributed by atoms with E-state index in [9.17, 15) is 4.39 Å². The summed E-state index contributed by atoms with van der Waals surface area (Å²) in [6, 6.07) is 10.6. The van der Waals surface area contributed by atoms with E-state index in [0.29, 0.717) is 13.1 Å². The highest BCUT2D eigenvalue weighted by Gasteiger charge is 2.12. The van der Waals surface area contributed by atoms with Crippen molar-refractivity contribution < 1.29 is 4.39 Å². The molecule has 0 amide bonds. The zero-order chi connectivity index (χ0) is 18.2. The topological polar surface area (TPSA) is 52.6 Å². The van der Waals surface area contributed by atoms with E-state index in [4.69, 9.17) is 0 Å². The van der Waals surface area contributed by atoms with Crippen LogP contribution in [0.4, 0.5) is 10.2 Å². The Kier molecular flexibility index (Phi) is 6.41. The van der Waals surface area contributed by atoms with Crippen LogP contribution in [-0.4, -0.2) is 30.6 Å². The molecular formula is C20H26FN5. The normalized spacial score (nSPS) is 14.5. The van der Waals surface area contributed by atoms with Gasteiger partial charge in [-0.05, 0) is 49.1 Å². The molecule has 26 heavy (non-hydrogen) atoms. The van der Waals surface area contributed by atoms with Gasteiger partial charge in [0.05, 0.1) is 6.54 Å². The second-order valence-corrected chi connectivity index (χ2v) is 6.39. The second-order valence-electron chi connectivity index (χ2n) is 6.39. The maximum atomic E-state index is 13.0. The van der Waals surface area contributed by atoms with Crippen LogP contribution in [0.25, 0.3) is 0 Å². The highest BCUT2D eigenvalue weighted by Crippen LogP contribution is 2.17. The third-order valence-corrected chi connectivity index (χ3v) is 4.38. The molecule has 0 saturated carbocycles. The summed E-state index contributed by atoms with van der Waals surface area (Å²) < 4.78 is 13.0. The van der Waals surface area contributed by atoms with Gasteiger partial charge in [0, 0.05) is 32.4 Å². The molecule has 1 aliphatic rings. The molecule has 2 N–H and O–H groups in total. The summed E-state index contributed by atoms with van der Waals surface area (Å²) in [5, 5.41) is 6.50. The van der Waals surface area contributed by atoms with Gasteiger partial charge in [-0.2, -0.15) is 0 Å². The van der Waals surface area contributed by atoms with Crippen LogP contribution in [0.5, 0.6) is 0 Å². The molecule has 2 heterocycles. The van der Waals surface area contributed by atoms with Crippen LogP contribution in [-0.2, 0) is 13.1 Å². The molecule has 5 nitrogen and oxygen atoms in total. The molecule has 6 heteroatoms. The first-order valence-electron chi connectivity index (χ1n) is 9.21. The Bertz CT molecular complexity index is 706. The number of nitrogens with one attached hydrogen (secondary N) is 2. The lowest BCUT2D eigenvalue weighted by atomic mass is 10.2. The number of hydrogen-bond acceptors (Lipinski definition) is 3. The molecule has 1 fully saturated rings. The van der Waals surface area contributed by atoms with Crippen LogP contribution in [0.3, 0.4) is 0 Å². The molecule has 3 rings (SSSR count). The van der Waals surface area contributed by atoms with E-state index in [1.54, 1.807) is 12.1 Å². The van der Waals surface area contributed by atoms with E-state index in [0.717, 1.165) is 42.5 Å². The number of anilines is 1. The van der Waals surface area contributed by atoms with Crippen LogP contribution >= 0.6 is 0 Å². The van der Waals surface area contributed by atoms with Crippen LogP contribution in [0, 0.1) is 5.82 Å². The van der Waals surface area contributed by atoms with Gasteiger partial charge in [-0.15, -0.1) is 0 Å². The minimum Gasteiger partial charge on any atom is -0.357 e. The fraction of sp³-hybridized carbons (Fsp3) is 0.400. The van der Waals surface area contributed by atoms with Crippen molar-refractivity contribution in [1.82, 2.24) is 15.6 Å². The van der Waals surface area contributed by atoms with E-state index in [1.807, 2.05) is 13.1 Å². The SMILES string of the molecule is CCNC(=NCc1ccc(N2CCCC2)nc1)NCc1ccc(F)cc1. The standard InChI is InChI=1S/C20H26FN5/c1-2-22-20(24-13-16-5-8-18(21)9-6-16)25-15-17-7-10-19(23-14-17)26-11-3-4-12-26/h5-10,14H,2-4,11-13,15H2,1H3,(H2,22,24,25). The van der Waals surface area contributed by atoms with Crippen molar-refractivity contribution in [3.63, 3.8) is 0 Å². The minimum atomic E-state index is -0.223. The molecular weight excluding hydrogens is 329 g/mol. The quantitative estimate of drug-likeness (QED) is 0.618. The molecule has 0 unspecified atom stereocenters. The van der Waals surface area contributed by atoms with Gasteiger partial charge in [0.15, 0.2) is 5.96 Å². The van der Waals surface area contributed by atoms with Crippen molar-refractivity contribution >= 4 is 11.8 Å². The lowest BCUT2D eigenvalue weighted by molar-refractivity contribution is 0.626. The fourth-order valence-electron chi connectivity index (χ4n) is 2.94. The van der Waals surface area contributed by atoms with Gasteiger partial charge in [-0.1, -0.05) is 18.2 Å². The average molecular weight is 355 g/mol. The molecule has 138 valence electrons. The average Bonchev–Trinajstić information content (AvgIpc) is 3.20. The van der Waals surface area contributed by atoms with Gasteiger partial charge >= 0.3 is 0 Å². The number of benzene rings is 1. The summed E-state index contributed by atoms with van der Waals surface area (Å²) in [6.45, 7) is 6.16. The fourth-order valence-corrected chi connectivity index (χ4v) is 2.94. The Hall–Kier alpha value is -2.63. The van der Waals surface area contributed by atoms with Gasteiger partial charge in [0.2, 0.25) is 0 Å². The highest BCUT2D eigenvalue weighted by molar-refractivity contribution is 5.79. The van der Waals surface area contributed by atoms with Crippen LogP contribution < -0.4 is 15.5 Å². The Balaban J connectivity index is 1.56. The summed E-state index contributed by atoms with van der Waals surface area (Å²) in [4.78, 5) is 11.5. The van der Waals surface area contributed by atoms with Gasteiger partial charge in [0.25, 0.3) is 0 Å². The third kappa shape index (κ3) is 5.18. The zero-order valence-corrected chi connectivity index (χ0v) is 15.2. The highest BCUT2D eigenvalue weighted by atomic mass is 19.1. The minimum absolute atomic E-state index is 0.223. The van der Waals surface area contributed by atoms with Gasteiger partial charge in [-0.25, -0.2) is 14.4 Å². The number of aromatic nitrogens is 1. The van der Waals surface area contributed by atoms with E-state index in [1.165, 1.54) is 25.0 Å². The van der Waals surface area contributed by atoms with Gasteiger partial charge in [-0.3, -0.25) is 0 Å². The van der Waals surface area contributed by atoms with Crippen molar-refractivity contribution in [3.8, 4) is 0 Å².